The molecule has 0 amide bonds. The Labute approximate surface area is 139 Å². The minimum atomic E-state index is 0.0687. The first-order valence-electron chi connectivity index (χ1n) is 8.44. The smallest absolute Gasteiger partial charge is 0.0934 e. The first kappa shape index (κ1) is 15.9. The van der Waals surface area contributed by atoms with E-state index in [1.807, 2.05) is 24.3 Å². The zero-order chi connectivity index (χ0) is 16.8. The molecule has 0 unspecified atom stereocenters. The van der Waals surface area contributed by atoms with Gasteiger partial charge in [-0.1, -0.05) is 59.7 Å². The number of hydrogen-bond donors (Lipinski definition) is 0. The van der Waals surface area contributed by atoms with Crippen molar-refractivity contribution in [3.63, 3.8) is 0 Å². The third-order valence-electron chi connectivity index (χ3n) is 4.88. The molecule has 0 spiro atoms. The number of benzene rings is 2. The molecule has 23 heavy (non-hydrogen) atoms. The monoisotopic (exact) mass is 306 g/mol. The van der Waals surface area contributed by atoms with Crippen LogP contribution in [0.2, 0.25) is 0 Å². The third-order valence-corrected chi connectivity index (χ3v) is 4.88. The molecule has 1 aromatic heterocycles. The van der Waals surface area contributed by atoms with Gasteiger partial charge in [-0.3, -0.25) is 0 Å². The largest absolute Gasteiger partial charge is 0.244 e. The maximum Gasteiger partial charge on any atom is 0.0934 e. The summed E-state index contributed by atoms with van der Waals surface area (Å²) in [6, 6.07) is 12.5. The summed E-state index contributed by atoms with van der Waals surface area (Å²) in [5, 5.41) is 0. The van der Waals surface area contributed by atoms with Gasteiger partial charge in [-0.15, -0.1) is 0 Å². The van der Waals surface area contributed by atoms with Crippen molar-refractivity contribution in [2.75, 3.05) is 0 Å². The van der Waals surface area contributed by atoms with E-state index in [9.17, 15) is 0 Å². The van der Waals surface area contributed by atoms with Crippen molar-refractivity contribution in [1.82, 2.24) is 9.97 Å². The van der Waals surface area contributed by atoms with Gasteiger partial charge in [-0.05, 0) is 46.6 Å². The van der Waals surface area contributed by atoms with Crippen LogP contribution in [-0.2, 0) is 10.8 Å². The van der Waals surface area contributed by atoms with Gasteiger partial charge >= 0.3 is 0 Å². The fraction of sp³-hybridized carbons (Fsp3) is 0.429. The Kier molecular flexibility index (Phi) is 3.66. The number of aromatic nitrogens is 2. The van der Waals surface area contributed by atoms with Crippen LogP contribution in [0.25, 0.3) is 22.1 Å². The number of fused-ring (bicyclic) bond motifs is 2. The minimum absolute atomic E-state index is 0.0687. The second-order valence-corrected chi connectivity index (χ2v) is 8.06. The van der Waals surface area contributed by atoms with Crippen LogP contribution in [0.15, 0.2) is 36.4 Å². The van der Waals surface area contributed by atoms with E-state index in [-0.39, 0.29) is 10.8 Å². The quantitative estimate of drug-likeness (QED) is 0.562. The van der Waals surface area contributed by atoms with Gasteiger partial charge in [0, 0.05) is 0 Å². The minimum Gasteiger partial charge on any atom is -0.244 e. The molecule has 0 bridgehead atoms. The van der Waals surface area contributed by atoms with E-state index in [1.165, 1.54) is 11.1 Å². The molecule has 0 aliphatic carbocycles. The molecule has 3 aromatic rings. The van der Waals surface area contributed by atoms with Crippen molar-refractivity contribution in [2.45, 2.75) is 58.8 Å². The molecular weight excluding hydrogens is 280 g/mol. The van der Waals surface area contributed by atoms with Crippen LogP contribution in [0.1, 0.15) is 59.1 Å². The normalized spacial score (nSPS) is 13.0. The van der Waals surface area contributed by atoms with E-state index < -0.39 is 0 Å². The molecular formula is C21H26N2. The van der Waals surface area contributed by atoms with Gasteiger partial charge in [0.2, 0.25) is 0 Å². The van der Waals surface area contributed by atoms with Gasteiger partial charge in [-0.2, -0.15) is 0 Å². The van der Waals surface area contributed by atoms with E-state index in [2.05, 4.69) is 53.7 Å². The van der Waals surface area contributed by atoms with Crippen molar-refractivity contribution in [1.29, 1.82) is 0 Å². The van der Waals surface area contributed by atoms with Gasteiger partial charge in [0.25, 0.3) is 0 Å². The van der Waals surface area contributed by atoms with Crippen LogP contribution in [-0.4, -0.2) is 9.97 Å². The van der Waals surface area contributed by atoms with Gasteiger partial charge in [0.1, 0.15) is 0 Å². The fourth-order valence-electron chi connectivity index (χ4n) is 3.17. The van der Waals surface area contributed by atoms with Gasteiger partial charge in [0.05, 0.1) is 22.1 Å². The predicted molar refractivity (Wildman–Crippen MR) is 99.1 cm³/mol. The summed E-state index contributed by atoms with van der Waals surface area (Å²) in [6.07, 6.45) is 1.07. The van der Waals surface area contributed by atoms with E-state index in [0.29, 0.717) is 0 Å². The summed E-state index contributed by atoms with van der Waals surface area (Å²) in [4.78, 5) is 9.85. The van der Waals surface area contributed by atoms with Crippen LogP contribution >= 0.6 is 0 Å². The molecule has 0 saturated carbocycles. The van der Waals surface area contributed by atoms with Crippen LogP contribution in [0.5, 0.6) is 0 Å². The predicted octanol–water partition coefficient (Wildman–Crippen LogP) is 5.77. The zero-order valence-corrected chi connectivity index (χ0v) is 15.1. The van der Waals surface area contributed by atoms with E-state index >= 15 is 0 Å². The first-order valence-corrected chi connectivity index (χ1v) is 8.44. The molecule has 2 aromatic carbocycles. The summed E-state index contributed by atoms with van der Waals surface area (Å²) >= 11 is 0. The molecule has 0 radical (unpaired) electrons. The van der Waals surface area contributed by atoms with Crippen LogP contribution in [0.4, 0.5) is 0 Å². The maximum absolute atomic E-state index is 5.00. The molecule has 2 nitrogen and oxygen atoms in total. The lowest BCUT2D eigenvalue weighted by atomic mass is 9.72. The SMILES string of the molecule is CCC(C)(C)c1c(C(C)(C)C)ccc2nc3ccccc3nc12. The highest BCUT2D eigenvalue weighted by atomic mass is 14.8. The molecule has 3 rings (SSSR count). The lowest BCUT2D eigenvalue weighted by Gasteiger charge is -2.32. The summed E-state index contributed by atoms with van der Waals surface area (Å²) in [6.45, 7) is 13.7. The van der Waals surface area contributed by atoms with Gasteiger partial charge in [0.15, 0.2) is 0 Å². The molecule has 0 atom stereocenters. The van der Waals surface area contributed by atoms with Gasteiger partial charge < -0.3 is 0 Å². The van der Waals surface area contributed by atoms with E-state index in [0.717, 1.165) is 28.5 Å². The number of rotatable bonds is 2. The maximum atomic E-state index is 5.00. The zero-order valence-electron chi connectivity index (χ0n) is 15.1. The molecule has 120 valence electrons. The Bertz CT molecular complexity index is 870. The summed E-state index contributed by atoms with van der Waals surface area (Å²) in [5.41, 5.74) is 6.87. The highest BCUT2D eigenvalue weighted by molar-refractivity contribution is 5.89. The standard InChI is InChI=1S/C21H26N2/c1-7-21(5,6)18-14(20(2,3)4)12-13-17-19(18)23-16-11-9-8-10-15(16)22-17/h8-13H,7H2,1-6H3. The molecule has 0 fully saturated rings. The molecule has 2 heteroatoms. The Morgan fingerprint density at radius 1 is 0.783 bits per heavy atom. The number of para-hydroxylation sites is 2. The Morgan fingerprint density at radius 2 is 1.39 bits per heavy atom. The van der Waals surface area contributed by atoms with Crippen molar-refractivity contribution in [3.05, 3.63) is 47.5 Å². The third kappa shape index (κ3) is 2.71. The van der Waals surface area contributed by atoms with E-state index in [4.69, 9.17) is 9.97 Å². The molecule has 0 N–H and O–H groups in total. The van der Waals surface area contributed by atoms with Crippen molar-refractivity contribution < 1.29 is 0 Å². The highest BCUT2D eigenvalue weighted by Gasteiger charge is 2.30. The average Bonchev–Trinajstić information content (AvgIpc) is 2.50. The van der Waals surface area contributed by atoms with E-state index in [1.54, 1.807) is 0 Å². The van der Waals surface area contributed by atoms with Crippen LogP contribution in [0, 0.1) is 0 Å². The Morgan fingerprint density at radius 3 is 1.96 bits per heavy atom. The molecule has 0 aliphatic rings. The number of nitrogens with zero attached hydrogens (tertiary/aromatic N) is 2. The van der Waals surface area contributed by atoms with Crippen molar-refractivity contribution in [2.24, 2.45) is 0 Å². The topological polar surface area (TPSA) is 25.8 Å². The molecule has 1 heterocycles. The Balaban J connectivity index is 2.47. The second kappa shape index (κ2) is 5.30. The van der Waals surface area contributed by atoms with Crippen LogP contribution in [0.3, 0.4) is 0 Å². The first-order chi connectivity index (χ1) is 10.7. The summed E-state index contributed by atoms with van der Waals surface area (Å²) < 4.78 is 0. The number of hydrogen-bond acceptors (Lipinski definition) is 2. The van der Waals surface area contributed by atoms with Gasteiger partial charge in [-0.25, -0.2) is 9.97 Å². The van der Waals surface area contributed by atoms with Crippen molar-refractivity contribution in [3.8, 4) is 0 Å². The lowest BCUT2D eigenvalue weighted by molar-refractivity contribution is 0.483. The lowest BCUT2D eigenvalue weighted by Crippen LogP contribution is -2.24. The Hall–Kier alpha value is -1.96. The average molecular weight is 306 g/mol. The second-order valence-electron chi connectivity index (χ2n) is 8.06. The van der Waals surface area contributed by atoms with Crippen LogP contribution < -0.4 is 0 Å². The van der Waals surface area contributed by atoms with Crippen molar-refractivity contribution >= 4 is 22.1 Å². The molecule has 0 aliphatic heterocycles. The highest BCUT2D eigenvalue weighted by Crippen LogP contribution is 2.39. The fourth-order valence-corrected chi connectivity index (χ4v) is 3.17. The summed E-state index contributed by atoms with van der Waals surface area (Å²) in [5.74, 6) is 0. The summed E-state index contributed by atoms with van der Waals surface area (Å²) in [7, 11) is 0. The molecule has 0 saturated heterocycles.